The van der Waals surface area contributed by atoms with Crippen LogP contribution in [-0.4, -0.2) is 50.2 Å². The van der Waals surface area contributed by atoms with E-state index < -0.39 is 0 Å². The summed E-state index contributed by atoms with van der Waals surface area (Å²) in [7, 11) is 1.98. The number of nitrogens with one attached hydrogen (secondary N) is 1. The van der Waals surface area contributed by atoms with Gasteiger partial charge in [-0.25, -0.2) is 14.6 Å². The molecule has 7 nitrogen and oxygen atoms in total. The van der Waals surface area contributed by atoms with Crippen molar-refractivity contribution in [1.82, 2.24) is 24.6 Å². The van der Waals surface area contributed by atoms with Crippen LogP contribution in [0.4, 0.5) is 5.69 Å². The summed E-state index contributed by atoms with van der Waals surface area (Å²) in [6.07, 6.45) is 7.32. The summed E-state index contributed by atoms with van der Waals surface area (Å²) in [6, 6.07) is 1.67. The molecule has 0 aromatic carbocycles. The highest BCUT2D eigenvalue weighted by Gasteiger charge is 2.39. The van der Waals surface area contributed by atoms with E-state index in [1.54, 1.807) is 29.3 Å². The number of likely N-dealkylation sites (N-methyl/N-ethyl adjacent to an activating group) is 1. The molecule has 22 heavy (non-hydrogen) atoms. The molecule has 0 aliphatic carbocycles. The van der Waals surface area contributed by atoms with Crippen LogP contribution < -0.4 is 5.32 Å². The van der Waals surface area contributed by atoms with Crippen LogP contribution in [0.3, 0.4) is 0 Å². The second-order valence-corrected chi connectivity index (χ2v) is 6.50. The first-order valence-electron chi connectivity index (χ1n) is 7.27. The van der Waals surface area contributed by atoms with Crippen LogP contribution in [0, 0.1) is 5.41 Å². The molecule has 1 N–H and O–H groups in total. The smallest absolute Gasteiger partial charge is 0.241 e. The highest BCUT2D eigenvalue weighted by atomic mass is 16.2. The van der Waals surface area contributed by atoms with Gasteiger partial charge < -0.3 is 5.32 Å². The molecule has 1 unspecified atom stereocenters. The fraction of sp³-hybridized carbons (Fsp3) is 0.467. The normalized spacial score (nSPS) is 21.0. The third-order valence-electron chi connectivity index (χ3n) is 3.93. The molecular formula is C15H20N6O. The number of rotatable bonds is 3. The summed E-state index contributed by atoms with van der Waals surface area (Å²) in [5.74, 6) is 0.532. The first kappa shape index (κ1) is 14.6. The highest BCUT2D eigenvalue weighted by molar-refractivity contribution is 5.96. The number of hydrogen-bond donors (Lipinski definition) is 1. The van der Waals surface area contributed by atoms with Crippen LogP contribution in [0.2, 0.25) is 0 Å². The second kappa shape index (κ2) is 5.49. The van der Waals surface area contributed by atoms with E-state index in [0.29, 0.717) is 11.5 Å². The molecule has 7 heteroatoms. The predicted octanol–water partition coefficient (Wildman–Crippen LogP) is 1.33. The average Bonchev–Trinajstić information content (AvgIpc) is 3.07. The van der Waals surface area contributed by atoms with Gasteiger partial charge in [0.1, 0.15) is 12.0 Å². The van der Waals surface area contributed by atoms with Crippen molar-refractivity contribution in [2.45, 2.75) is 26.3 Å². The van der Waals surface area contributed by atoms with E-state index in [1.165, 1.54) is 6.33 Å². The molecule has 0 spiro atoms. The zero-order chi connectivity index (χ0) is 15.7. The zero-order valence-electron chi connectivity index (χ0n) is 13.0. The van der Waals surface area contributed by atoms with Gasteiger partial charge in [-0.3, -0.25) is 9.69 Å². The minimum atomic E-state index is -0.138. The van der Waals surface area contributed by atoms with Crippen LogP contribution in [0.15, 0.2) is 31.0 Å². The fourth-order valence-corrected chi connectivity index (χ4v) is 3.03. The van der Waals surface area contributed by atoms with Crippen molar-refractivity contribution in [1.29, 1.82) is 0 Å². The Hall–Kier alpha value is -2.28. The Morgan fingerprint density at radius 1 is 1.45 bits per heavy atom. The molecule has 1 aliphatic heterocycles. The molecule has 1 amide bonds. The van der Waals surface area contributed by atoms with E-state index in [1.807, 2.05) is 7.05 Å². The van der Waals surface area contributed by atoms with Gasteiger partial charge in [-0.05, 0) is 24.9 Å². The highest BCUT2D eigenvalue weighted by Crippen LogP contribution is 2.33. The number of amides is 1. The Morgan fingerprint density at radius 2 is 2.27 bits per heavy atom. The molecule has 1 aliphatic rings. The number of likely N-dealkylation sites (tertiary alicyclic amines) is 1. The van der Waals surface area contributed by atoms with Crippen molar-refractivity contribution < 1.29 is 4.79 Å². The van der Waals surface area contributed by atoms with E-state index in [0.717, 1.165) is 13.0 Å². The molecule has 0 radical (unpaired) electrons. The molecule has 2 aromatic heterocycles. The number of carbonyl (C=O) groups is 1. The van der Waals surface area contributed by atoms with Crippen LogP contribution in [0.25, 0.3) is 5.82 Å². The van der Waals surface area contributed by atoms with E-state index in [2.05, 4.69) is 39.1 Å². The van der Waals surface area contributed by atoms with Crippen molar-refractivity contribution in [3.05, 3.63) is 31.0 Å². The van der Waals surface area contributed by atoms with Crippen molar-refractivity contribution in [3.63, 3.8) is 0 Å². The van der Waals surface area contributed by atoms with E-state index >= 15 is 0 Å². The minimum absolute atomic E-state index is 0.0312. The van der Waals surface area contributed by atoms with Crippen LogP contribution >= 0.6 is 0 Å². The van der Waals surface area contributed by atoms with Crippen molar-refractivity contribution in [2.75, 3.05) is 18.9 Å². The SMILES string of the molecule is CN1CC(C)(C)CC1C(=O)Nc1cncnc1-n1cccn1. The predicted molar refractivity (Wildman–Crippen MR) is 82.6 cm³/mol. The number of anilines is 1. The maximum atomic E-state index is 12.6. The molecule has 3 rings (SSSR count). The third kappa shape index (κ3) is 2.85. The molecular weight excluding hydrogens is 280 g/mol. The Bertz CT molecular complexity index is 666. The first-order chi connectivity index (χ1) is 10.5. The summed E-state index contributed by atoms with van der Waals surface area (Å²) in [6.45, 7) is 5.26. The Kier molecular flexibility index (Phi) is 3.66. The Balaban J connectivity index is 1.81. The van der Waals surface area contributed by atoms with E-state index in [-0.39, 0.29) is 17.4 Å². The van der Waals surface area contributed by atoms with Gasteiger partial charge in [0.2, 0.25) is 5.91 Å². The lowest BCUT2D eigenvalue weighted by molar-refractivity contribution is -0.120. The molecule has 0 saturated carbocycles. The summed E-state index contributed by atoms with van der Waals surface area (Å²) in [4.78, 5) is 22.9. The standard InChI is InChI=1S/C15H20N6O/c1-15(2)7-12(20(3)9-15)14(22)19-11-8-16-10-17-13(11)21-6-4-5-18-21/h4-6,8,10,12H,7,9H2,1-3H3,(H,19,22). The molecule has 116 valence electrons. The molecule has 3 heterocycles. The molecule has 1 saturated heterocycles. The summed E-state index contributed by atoms with van der Waals surface area (Å²) in [5.41, 5.74) is 0.712. The van der Waals surface area contributed by atoms with Gasteiger partial charge in [0, 0.05) is 18.9 Å². The Labute approximate surface area is 129 Å². The lowest BCUT2D eigenvalue weighted by Gasteiger charge is -2.19. The maximum Gasteiger partial charge on any atom is 0.241 e. The molecule has 1 fully saturated rings. The van der Waals surface area contributed by atoms with E-state index in [9.17, 15) is 4.79 Å². The van der Waals surface area contributed by atoms with Gasteiger partial charge in [0.05, 0.1) is 12.2 Å². The van der Waals surface area contributed by atoms with Crippen LogP contribution in [0.1, 0.15) is 20.3 Å². The van der Waals surface area contributed by atoms with Crippen molar-refractivity contribution in [3.8, 4) is 5.82 Å². The number of nitrogens with zero attached hydrogens (tertiary/aromatic N) is 5. The van der Waals surface area contributed by atoms with E-state index in [4.69, 9.17) is 0 Å². The van der Waals surface area contributed by atoms with Crippen molar-refractivity contribution >= 4 is 11.6 Å². The van der Waals surface area contributed by atoms with Gasteiger partial charge in [-0.1, -0.05) is 13.8 Å². The maximum absolute atomic E-state index is 12.6. The first-order valence-corrected chi connectivity index (χ1v) is 7.27. The lowest BCUT2D eigenvalue weighted by atomic mass is 9.90. The van der Waals surface area contributed by atoms with Crippen molar-refractivity contribution in [2.24, 2.45) is 5.41 Å². The average molecular weight is 300 g/mol. The van der Waals surface area contributed by atoms with Gasteiger partial charge >= 0.3 is 0 Å². The second-order valence-electron chi connectivity index (χ2n) is 6.50. The number of carbonyl (C=O) groups excluding carboxylic acids is 1. The summed E-state index contributed by atoms with van der Waals surface area (Å²) < 4.78 is 1.61. The van der Waals surface area contributed by atoms with Crippen LogP contribution in [0.5, 0.6) is 0 Å². The lowest BCUT2D eigenvalue weighted by Crippen LogP contribution is -2.37. The topological polar surface area (TPSA) is 75.9 Å². The van der Waals surface area contributed by atoms with Crippen LogP contribution in [-0.2, 0) is 4.79 Å². The molecule has 1 atom stereocenters. The molecule has 0 bridgehead atoms. The fourth-order valence-electron chi connectivity index (χ4n) is 3.03. The summed E-state index contributed by atoms with van der Waals surface area (Å²) in [5, 5.41) is 7.10. The zero-order valence-corrected chi connectivity index (χ0v) is 13.0. The van der Waals surface area contributed by atoms with Gasteiger partial charge in [0.15, 0.2) is 5.82 Å². The minimum Gasteiger partial charge on any atom is -0.320 e. The third-order valence-corrected chi connectivity index (χ3v) is 3.93. The summed E-state index contributed by atoms with van der Waals surface area (Å²) >= 11 is 0. The quantitative estimate of drug-likeness (QED) is 0.925. The number of aromatic nitrogens is 4. The Morgan fingerprint density at radius 3 is 2.91 bits per heavy atom. The van der Waals surface area contributed by atoms with Gasteiger partial charge in [-0.2, -0.15) is 5.10 Å². The molecule has 2 aromatic rings. The monoisotopic (exact) mass is 300 g/mol. The van der Waals surface area contributed by atoms with Gasteiger partial charge in [-0.15, -0.1) is 0 Å². The largest absolute Gasteiger partial charge is 0.320 e. The number of hydrogen-bond acceptors (Lipinski definition) is 5. The van der Waals surface area contributed by atoms with Gasteiger partial charge in [0.25, 0.3) is 0 Å².